The second-order valence-corrected chi connectivity index (χ2v) is 10.0. The number of thiazole rings is 1. The number of fused-ring (bicyclic) bond motifs is 1. The van der Waals surface area contributed by atoms with E-state index in [9.17, 15) is 19.2 Å². The summed E-state index contributed by atoms with van der Waals surface area (Å²) in [6, 6.07) is -0.798. The first-order valence-corrected chi connectivity index (χ1v) is 11.6. The fourth-order valence-electron chi connectivity index (χ4n) is 2.98. The van der Waals surface area contributed by atoms with Gasteiger partial charge in [-0.05, 0) is 33.8 Å². The van der Waals surface area contributed by atoms with Gasteiger partial charge in [-0.2, -0.15) is 0 Å². The number of β-lactam (4-membered cyclic amide) rings is 1. The second-order valence-electron chi connectivity index (χ2n) is 7.98. The molecular weight excluding hydrogens is 456 g/mol. The molecule has 10 nitrogen and oxygen atoms in total. The SMILES string of the molecule is C/C=C(/C(=O)N[C@@H]1C(=O)N2C(C(=O)OCOC(=O)C(C)(C)C)=CCS[C@H]12)c1csc(N)n1. The normalized spacial score (nSPS) is 20.6. The predicted octanol–water partition coefficient (Wildman–Crippen LogP) is 1.50. The molecule has 0 spiro atoms. The highest BCUT2D eigenvalue weighted by molar-refractivity contribution is 8.00. The highest BCUT2D eigenvalue weighted by Crippen LogP contribution is 2.38. The number of esters is 2. The summed E-state index contributed by atoms with van der Waals surface area (Å²) < 4.78 is 9.95. The largest absolute Gasteiger partial charge is 0.427 e. The maximum atomic E-state index is 12.7. The number of hydrogen-bond acceptors (Lipinski definition) is 10. The van der Waals surface area contributed by atoms with E-state index in [0.29, 0.717) is 22.2 Å². The quantitative estimate of drug-likeness (QED) is 0.268. The van der Waals surface area contributed by atoms with E-state index in [2.05, 4.69) is 10.3 Å². The Bertz CT molecular complexity index is 1010. The number of ether oxygens (including phenoxy) is 2. The van der Waals surface area contributed by atoms with Crippen molar-refractivity contribution in [2.24, 2.45) is 5.41 Å². The summed E-state index contributed by atoms with van der Waals surface area (Å²) in [6.07, 6.45) is 3.17. The van der Waals surface area contributed by atoms with E-state index < -0.39 is 47.4 Å². The number of rotatable bonds is 6. The Kier molecular flexibility index (Phi) is 6.94. The summed E-state index contributed by atoms with van der Waals surface area (Å²) in [5, 5.41) is 4.26. The van der Waals surface area contributed by atoms with Gasteiger partial charge in [0, 0.05) is 11.1 Å². The van der Waals surface area contributed by atoms with E-state index in [1.165, 1.54) is 28.0 Å². The third kappa shape index (κ3) is 4.80. The van der Waals surface area contributed by atoms with Crippen LogP contribution < -0.4 is 11.1 Å². The first-order valence-electron chi connectivity index (χ1n) is 9.72. The van der Waals surface area contributed by atoms with E-state index >= 15 is 0 Å². The van der Waals surface area contributed by atoms with Crippen molar-refractivity contribution in [2.45, 2.75) is 39.1 Å². The van der Waals surface area contributed by atoms with Gasteiger partial charge >= 0.3 is 11.9 Å². The van der Waals surface area contributed by atoms with Crippen molar-refractivity contribution < 1.29 is 28.7 Å². The molecule has 0 aliphatic carbocycles. The Morgan fingerprint density at radius 2 is 2.06 bits per heavy atom. The minimum atomic E-state index is -0.798. The number of carbonyl (C=O) groups is 4. The molecule has 2 aliphatic heterocycles. The number of hydrogen-bond donors (Lipinski definition) is 2. The molecule has 2 atom stereocenters. The molecule has 0 aromatic carbocycles. The molecule has 3 heterocycles. The first kappa shape index (κ1) is 23.8. The lowest BCUT2D eigenvalue weighted by molar-refractivity contribution is -0.173. The van der Waals surface area contributed by atoms with E-state index in [4.69, 9.17) is 15.2 Å². The van der Waals surface area contributed by atoms with Gasteiger partial charge in [-0.1, -0.05) is 6.08 Å². The lowest BCUT2D eigenvalue weighted by Gasteiger charge is -2.48. The van der Waals surface area contributed by atoms with Crippen LogP contribution >= 0.6 is 23.1 Å². The number of nitrogens with one attached hydrogen (secondary N) is 1. The van der Waals surface area contributed by atoms with Crippen LogP contribution in [0.5, 0.6) is 0 Å². The van der Waals surface area contributed by atoms with E-state index in [-0.39, 0.29) is 5.70 Å². The van der Waals surface area contributed by atoms with Crippen LogP contribution in [0, 0.1) is 5.41 Å². The van der Waals surface area contributed by atoms with Crippen molar-refractivity contribution in [3.63, 3.8) is 0 Å². The molecule has 0 saturated carbocycles. The van der Waals surface area contributed by atoms with Crippen molar-refractivity contribution in [1.82, 2.24) is 15.2 Å². The van der Waals surface area contributed by atoms with Crippen LogP contribution in [0.25, 0.3) is 5.57 Å². The third-order valence-corrected chi connectivity index (χ3v) is 6.52. The molecule has 0 unspecified atom stereocenters. The van der Waals surface area contributed by atoms with Gasteiger partial charge in [0.05, 0.1) is 16.7 Å². The Labute approximate surface area is 193 Å². The Morgan fingerprint density at radius 1 is 1.34 bits per heavy atom. The van der Waals surface area contributed by atoms with Gasteiger partial charge in [0.2, 0.25) is 6.79 Å². The van der Waals surface area contributed by atoms with Gasteiger partial charge in [0.1, 0.15) is 17.1 Å². The number of thioether (sulfide) groups is 1. The Morgan fingerprint density at radius 3 is 2.66 bits per heavy atom. The van der Waals surface area contributed by atoms with E-state index in [1.807, 2.05) is 0 Å². The average molecular weight is 481 g/mol. The molecule has 0 bridgehead atoms. The molecule has 2 aliphatic rings. The lowest BCUT2D eigenvalue weighted by Crippen LogP contribution is -2.70. The topological polar surface area (TPSA) is 141 Å². The number of nitrogens with zero attached hydrogens (tertiary/aromatic N) is 2. The molecular formula is C20H24N4O6S2. The van der Waals surface area contributed by atoms with Gasteiger partial charge in [-0.15, -0.1) is 23.1 Å². The van der Waals surface area contributed by atoms with Crippen molar-refractivity contribution in [3.05, 3.63) is 28.9 Å². The first-order chi connectivity index (χ1) is 15.0. The fourth-order valence-corrected chi connectivity index (χ4v) is 4.74. The molecule has 12 heteroatoms. The highest BCUT2D eigenvalue weighted by Gasteiger charge is 2.53. The summed E-state index contributed by atoms with van der Waals surface area (Å²) in [7, 11) is 0. The van der Waals surface area contributed by atoms with Crippen LogP contribution in [0.2, 0.25) is 0 Å². The molecule has 1 aromatic heterocycles. The minimum absolute atomic E-state index is 0.0644. The number of anilines is 1. The zero-order valence-electron chi connectivity index (χ0n) is 18.0. The molecule has 3 rings (SSSR count). The molecule has 2 amide bonds. The van der Waals surface area contributed by atoms with Crippen molar-refractivity contribution >= 4 is 57.6 Å². The van der Waals surface area contributed by atoms with Crippen LogP contribution in [-0.2, 0) is 28.7 Å². The number of amides is 2. The van der Waals surface area contributed by atoms with Crippen LogP contribution in [-0.4, -0.2) is 57.6 Å². The number of carbonyl (C=O) groups excluding carboxylic acids is 4. The third-order valence-electron chi connectivity index (χ3n) is 4.67. The summed E-state index contributed by atoms with van der Waals surface area (Å²) in [5.74, 6) is -1.72. The van der Waals surface area contributed by atoms with Crippen molar-refractivity contribution in [2.75, 3.05) is 18.3 Å². The van der Waals surface area contributed by atoms with Crippen LogP contribution in [0.3, 0.4) is 0 Å². The number of allylic oxidation sites excluding steroid dienone is 1. The smallest absolute Gasteiger partial charge is 0.357 e. The predicted molar refractivity (Wildman–Crippen MR) is 120 cm³/mol. The number of nitrogens with two attached hydrogens (primary N) is 1. The summed E-state index contributed by atoms with van der Waals surface area (Å²) in [4.78, 5) is 55.0. The van der Waals surface area contributed by atoms with Crippen molar-refractivity contribution in [3.8, 4) is 0 Å². The maximum Gasteiger partial charge on any atom is 0.357 e. The van der Waals surface area contributed by atoms with E-state index in [1.54, 1.807) is 45.2 Å². The molecule has 1 aromatic rings. The fraction of sp³-hybridized carbons (Fsp3) is 0.450. The average Bonchev–Trinajstić information content (AvgIpc) is 3.16. The lowest BCUT2D eigenvalue weighted by atomic mass is 9.98. The summed E-state index contributed by atoms with van der Waals surface area (Å²) >= 11 is 2.62. The zero-order chi connectivity index (χ0) is 23.6. The highest BCUT2D eigenvalue weighted by atomic mass is 32.2. The molecule has 0 radical (unpaired) electrons. The summed E-state index contributed by atoms with van der Waals surface area (Å²) in [6.45, 7) is 6.18. The Balaban J connectivity index is 1.60. The summed E-state index contributed by atoms with van der Waals surface area (Å²) in [5.41, 5.74) is 5.72. The minimum Gasteiger partial charge on any atom is -0.427 e. The van der Waals surface area contributed by atoms with Crippen LogP contribution in [0.4, 0.5) is 5.13 Å². The second kappa shape index (κ2) is 9.33. The molecule has 1 saturated heterocycles. The number of nitrogen functional groups attached to an aromatic ring is 1. The Hall–Kier alpha value is -2.86. The van der Waals surface area contributed by atoms with Crippen LogP contribution in [0.1, 0.15) is 33.4 Å². The molecule has 32 heavy (non-hydrogen) atoms. The number of aromatic nitrogens is 1. The van der Waals surface area contributed by atoms with Gasteiger partial charge in [0.25, 0.3) is 11.8 Å². The molecule has 3 N–H and O–H groups in total. The zero-order valence-corrected chi connectivity index (χ0v) is 19.7. The van der Waals surface area contributed by atoms with Crippen molar-refractivity contribution in [1.29, 1.82) is 0 Å². The van der Waals surface area contributed by atoms with Gasteiger partial charge in [-0.3, -0.25) is 19.3 Å². The monoisotopic (exact) mass is 480 g/mol. The van der Waals surface area contributed by atoms with Gasteiger partial charge in [0.15, 0.2) is 5.13 Å². The van der Waals surface area contributed by atoms with E-state index in [0.717, 1.165) is 0 Å². The van der Waals surface area contributed by atoms with Gasteiger partial charge in [-0.25, -0.2) is 9.78 Å². The van der Waals surface area contributed by atoms with Gasteiger partial charge < -0.3 is 20.5 Å². The maximum absolute atomic E-state index is 12.7. The molecule has 172 valence electrons. The van der Waals surface area contributed by atoms with Crippen LogP contribution in [0.15, 0.2) is 23.2 Å². The molecule has 1 fully saturated rings. The standard InChI is InChI=1S/C20H24N4O6S2/c1-5-10(11-8-32-19(21)22-11)14(25)23-13-15(26)24-12(6-7-31-16(13)24)17(27)29-9-30-18(28)20(2,3)4/h5-6,8,13,16H,7,9H2,1-4H3,(H2,21,22)(H,23,25)/b10-5+/t13-,16-/m1/s1.